The van der Waals surface area contributed by atoms with E-state index in [4.69, 9.17) is 5.11 Å². The molecule has 1 fully saturated rings. The van der Waals surface area contributed by atoms with Gasteiger partial charge < -0.3 is 5.11 Å². The third-order valence-electron chi connectivity index (χ3n) is 4.52. The zero-order valence-corrected chi connectivity index (χ0v) is 16.2. The maximum Gasteiger partial charge on any atom is 0.303 e. The SMILES string of the molecule is O=C(O)CCC/C=C/C1CCC(NS(=O)(=O)/C=C/c2ccc([N+](=O)[O-])cc2)C1. The number of rotatable bonds is 10. The fraction of sp³-hybridized carbons (Fsp3) is 0.421. The van der Waals surface area contributed by atoms with Crippen LogP contribution in [0.1, 0.15) is 44.1 Å². The highest BCUT2D eigenvalue weighted by Crippen LogP contribution is 2.27. The van der Waals surface area contributed by atoms with Crippen molar-refractivity contribution in [2.45, 2.75) is 44.6 Å². The van der Waals surface area contributed by atoms with Gasteiger partial charge in [0.2, 0.25) is 10.0 Å². The molecule has 2 N–H and O–H groups in total. The molecule has 0 bridgehead atoms. The highest BCUT2D eigenvalue weighted by atomic mass is 32.2. The number of carboxylic acid groups (broad SMARTS) is 1. The van der Waals surface area contributed by atoms with Gasteiger partial charge in [-0.05, 0) is 61.8 Å². The molecule has 1 aliphatic carbocycles. The van der Waals surface area contributed by atoms with Crippen LogP contribution in [0.15, 0.2) is 41.8 Å². The molecule has 0 saturated heterocycles. The Morgan fingerprint density at radius 2 is 2.00 bits per heavy atom. The molecule has 1 saturated carbocycles. The number of carbonyl (C=O) groups is 1. The summed E-state index contributed by atoms with van der Waals surface area (Å²) >= 11 is 0. The first-order valence-electron chi connectivity index (χ1n) is 9.08. The minimum atomic E-state index is -3.61. The Hall–Kier alpha value is -2.52. The first kappa shape index (κ1) is 21.8. The molecule has 1 aromatic carbocycles. The number of nitro groups is 1. The Balaban J connectivity index is 1.81. The van der Waals surface area contributed by atoms with Crippen LogP contribution in [0.4, 0.5) is 5.69 Å². The molecule has 2 atom stereocenters. The summed E-state index contributed by atoms with van der Waals surface area (Å²) in [6.07, 6.45) is 9.21. The largest absolute Gasteiger partial charge is 0.481 e. The molecular weight excluding hydrogens is 384 g/mol. The first-order valence-corrected chi connectivity index (χ1v) is 10.6. The van der Waals surface area contributed by atoms with Crippen molar-refractivity contribution < 1.29 is 23.2 Å². The second-order valence-corrected chi connectivity index (χ2v) is 8.40. The number of sulfonamides is 1. The number of hydrogen-bond donors (Lipinski definition) is 2. The Bertz CT molecular complexity index is 846. The highest BCUT2D eigenvalue weighted by Gasteiger charge is 2.25. The number of nitrogens with one attached hydrogen (secondary N) is 1. The molecule has 1 aliphatic rings. The Morgan fingerprint density at radius 1 is 1.29 bits per heavy atom. The predicted molar refractivity (Wildman–Crippen MR) is 106 cm³/mol. The Kier molecular flexibility index (Phi) is 7.89. The van der Waals surface area contributed by atoms with Gasteiger partial charge in [0, 0.05) is 30.0 Å². The smallest absolute Gasteiger partial charge is 0.303 e. The molecule has 8 nitrogen and oxygen atoms in total. The number of nitrogens with zero attached hydrogens (tertiary/aromatic N) is 1. The third-order valence-corrected chi connectivity index (χ3v) is 5.67. The Morgan fingerprint density at radius 3 is 2.64 bits per heavy atom. The minimum Gasteiger partial charge on any atom is -0.481 e. The number of non-ortho nitro benzene ring substituents is 1. The molecule has 0 amide bonds. The van der Waals surface area contributed by atoms with E-state index in [9.17, 15) is 23.3 Å². The average Bonchev–Trinajstić information content (AvgIpc) is 3.06. The van der Waals surface area contributed by atoms with Crippen LogP contribution in [0.3, 0.4) is 0 Å². The van der Waals surface area contributed by atoms with E-state index in [0.29, 0.717) is 24.8 Å². The zero-order valence-electron chi connectivity index (χ0n) is 15.4. The lowest BCUT2D eigenvalue weighted by Crippen LogP contribution is -2.31. The second kappa shape index (κ2) is 10.1. The molecule has 0 radical (unpaired) electrons. The summed E-state index contributed by atoms with van der Waals surface area (Å²) in [6, 6.07) is 5.49. The van der Waals surface area contributed by atoms with E-state index in [0.717, 1.165) is 18.2 Å². The number of benzene rings is 1. The fourth-order valence-electron chi connectivity index (χ4n) is 3.10. The van der Waals surface area contributed by atoms with Crippen LogP contribution in [0, 0.1) is 16.0 Å². The molecule has 2 unspecified atom stereocenters. The van der Waals surface area contributed by atoms with Crippen molar-refractivity contribution in [1.82, 2.24) is 4.72 Å². The standard InChI is InChI=1S/C19H24N2O6S/c22-19(23)5-3-1-2-4-16-6-9-17(14-16)20-28(26,27)13-12-15-7-10-18(11-8-15)21(24)25/h2,4,7-8,10-13,16-17,20H,1,3,5-6,9,14H2,(H,22,23)/b4-2+,13-12+. The van der Waals surface area contributed by atoms with Crippen molar-refractivity contribution in [3.8, 4) is 0 Å². The van der Waals surface area contributed by atoms with Crippen LogP contribution >= 0.6 is 0 Å². The quantitative estimate of drug-likeness (QED) is 0.264. The van der Waals surface area contributed by atoms with Gasteiger partial charge in [0.25, 0.3) is 5.69 Å². The van der Waals surface area contributed by atoms with Crippen LogP contribution < -0.4 is 4.72 Å². The third kappa shape index (κ3) is 7.61. The lowest BCUT2D eigenvalue weighted by atomic mass is 10.1. The van der Waals surface area contributed by atoms with Gasteiger partial charge in [-0.1, -0.05) is 12.2 Å². The number of aliphatic carboxylic acids is 1. The molecule has 0 aliphatic heterocycles. The van der Waals surface area contributed by atoms with Crippen LogP contribution in [0.5, 0.6) is 0 Å². The monoisotopic (exact) mass is 408 g/mol. The fourth-order valence-corrected chi connectivity index (χ4v) is 4.20. The molecular formula is C19H24N2O6S. The number of hydrogen-bond acceptors (Lipinski definition) is 5. The number of nitro benzene ring substituents is 1. The van der Waals surface area contributed by atoms with E-state index in [1.807, 2.05) is 12.2 Å². The van der Waals surface area contributed by atoms with Gasteiger partial charge in [0.05, 0.1) is 4.92 Å². The van der Waals surface area contributed by atoms with Gasteiger partial charge in [-0.3, -0.25) is 14.9 Å². The van der Waals surface area contributed by atoms with Crippen molar-refractivity contribution in [2.75, 3.05) is 0 Å². The molecule has 9 heteroatoms. The van der Waals surface area contributed by atoms with Crippen molar-refractivity contribution in [1.29, 1.82) is 0 Å². The van der Waals surface area contributed by atoms with Crippen molar-refractivity contribution in [2.24, 2.45) is 5.92 Å². The van der Waals surface area contributed by atoms with E-state index < -0.39 is 20.9 Å². The van der Waals surface area contributed by atoms with Crippen molar-refractivity contribution in [3.63, 3.8) is 0 Å². The van der Waals surface area contributed by atoms with E-state index in [2.05, 4.69) is 4.72 Å². The number of allylic oxidation sites excluding steroid dienone is 2. The maximum absolute atomic E-state index is 12.2. The lowest BCUT2D eigenvalue weighted by molar-refractivity contribution is -0.384. The van der Waals surface area contributed by atoms with E-state index in [-0.39, 0.29) is 24.1 Å². The summed E-state index contributed by atoms with van der Waals surface area (Å²) in [5.41, 5.74) is 0.510. The van der Waals surface area contributed by atoms with Crippen LogP contribution in [0.25, 0.3) is 6.08 Å². The van der Waals surface area contributed by atoms with Gasteiger partial charge in [-0.15, -0.1) is 0 Å². The van der Waals surface area contributed by atoms with Crippen LogP contribution in [0.2, 0.25) is 0 Å². The predicted octanol–water partition coefficient (Wildman–Crippen LogP) is 3.46. The topological polar surface area (TPSA) is 127 Å². The maximum atomic E-state index is 12.2. The number of carboxylic acids is 1. The van der Waals surface area contributed by atoms with Gasteiger partial charge in [-0.25, -0.2) is 13.1 Å². The summed E-state index contributed by atoms with van der Waals surface area (Å²) in [6.45, 7) is 0. The normalized spacial score (nSPS) is 20.1. The summed E-state index contributed by atoms with van der Waals surface area (Å²) in [7, 11) is -3.61. The lowest BCUT2D eigenvalue weighted by Gasteiger charge is -2.10. The molecule has 0 heterocycles. The van der Waals surface area contributed by atoms with Gasteiger partial charge in [0.1, 0.15) is 0 Å². The molecule has 28 heavy (non-hydrogen) atoms. The van der Waals surface area contributed by atoms with Gasteiger partial charge >= 0.3 is 5.97 Å². The summed E-state index contributed by atoms with van der Waals surface area (Å²) in [5.74, 6) is -0.512. The highest BCUT2D eigenvalue weighted by molar-refractivity contribution is 7.92. The van der Waals surface area contributed by atoms with E-state index in [1.54, 1.807) is 0 Å². The van der Waals surface area contributed by atoms with E-state index in [1.165, 1.54) is 30.3 Å². The molecule has 2 rings (SSSR count). The summed E-state index contributed by atoms with van der Waals surface area (Å²) in [5, 5.41) is 20.3. The second-order valence-electron chi connectivity index (χ2n) is 6.80. The van der Waals surface area contributed by atoms with E-state index >= 15 is 0 Å². The van der Waals surface area contributed by atoms with Gasteiger partial charge in [0.15, 0.2) is 0 Å². The van der Waals surface area contributed by atoms with Crippen LogP contribution in [-0.2, 0) is 14.8 Å². The molecule has 152 valence electrons. The van der Waals surface area contributed by atoms with Crippen molar-refractivity contribution in [3.05, 3.63) is 57.5 Å². The van der Waals surface area contributed by atoms with Gasteiger partial charge in [-0.2, -0.15) is 0 Å². The zero-order chi connectivity index (χ0) is 20.6. The summed E-state index contributed by atoms with van der Waals surface area (Å²) in [4.78, 5) is 20.6. The summed E-state index contributed by atoms with van der Waals surface area (Å²) < 4.78 is 27.1. The molecule has 1 aromatic rings. The van der Waals surface area contributed by atoms with Crippen LogP contribution in [-0.4, -0.2) is 30.5 Å². The number of unbranched alkanes of at least 4 members (excludes halogenated alkanes) is 1. The first-order chi connectivity index (χ1) is 13.2. The average molecular weight is 408 g/mol. The minimum absolute atomic E-state index is 0.0499. The molecule has 0 aromatic heterocycles. The van der Waals surface area contributed by atoms with Crippen molar-refractivity contribution >= 4 is 27.8 Å². The molecule has 0 spiro atoms. The Labute approximate surface area is 164 Å².